The Kier molecular flexibility index (Phi) is 8.71. The fraction of sp³-hybridized carbons (Fsp3) is 0.367. The van der Waals surface area contributed by atoms with E-state index in [2.05, 4.69) is 40.1 Å². The minimum absolute atomic E-state index is 0.271. The fourth-order valence-corrected chi connectivity index (χ4v) is 4.61. The molecule has 3 heterocycles. The van der Waals surface area contributed by atoms with Crippen molar-refractivity contribution in [1.82, 2.24) is 15.0 Å². The zero-order chi connectivity index (χ0) is 25.3. The maximum absolute atomic E-state index is 11.3. The lowest BCUT2D eigenvalue weighted by molar-refractivity contribution is 0.0697. The molecule has 0 amide bonds. The molecule has 4 aromatic rings. The fourth-order valence-electron chi connectivity index (χ4n) is 4.61. The van der Waals surface area contributed by atoms with Crippen LogP contribution in [0.4, 0.5) is 0 Å². The third kappa shape index (κ3) is 6.51. The zero-order valence-corrected chi connectivity index (χ0v) is 21.3. The molecule has 190 valence electrons. The summed E-state index contributed by atoms with van der Waals surface area (Å²) < 4.78 is 5.61. The minimum atomic E-state index is -0.932. The quantitative estimate of drug-likeness (QED) is 0.166. The predicted octanol–water partition coefficient (Wildman–Crippen LogP) is 6.34. The van der Waals surface area contributed by atoms with Crippen LogP contribution in [-0.4, -0.2) is 33.1 Å². The Morgan fingerprint density at radius 2 is 1.58 bits per heavy atom. The second-order valence-corrected chi connectivity index (χ2v) is 9.44. The molecular formula is C30H37N3O3. The molecule has 0 unspecified atom stereocenters. The molecular weight excluding hydrogens is 450 g/mol. The maximum Gasteiger partial charge on any atom is 0.335 e. The summed E-state index contributed by atoms with van der Waals surface area (Å²) in [4.78, 5) is 21.5. The third-order valence-electron chi connectivity index (χ3n) is 6.64. The van der Waals surface area contributed by atoms with Gasteiger partial charge in [0.1, 0.15) is 5.75 Å². The van der Waals surface area contributed by atoms with Crippen LogP contribution < -0.4 is 15.4 Å². The van der Waals surface area contributed by atoms with E-state index in [1.54, 1.807) is 25.3 Å². The molecule has 3 aromatic heterocycles. The molecule has 0 aliphatic carbocycles. The molecule has 6 heteroatoms. The Hall–Kier alpha value is -3.67. The largest absolute Gasteiger partial charge is 0.494 e. The first-order chi connectivity index (χ1) is 17.6. The molecule has 4 N–H and O–H groups in total. The summed E-state index contributed by atoms with van der Waals surface area (Å²) >= 11 is 0. The van der Waals surface area contributed by atoms with Crippen molar-refractivity contribution < 1.29 is 14.6 Å². The summed E-state index contributed by atoms with van der Waals surface area (Å²) in [6.07, 6.45) is 16.1. The molecule has 0 radical (unpaired) electrons. The van der Waals surface area contributed by atoms with E-state index in [0.717, 1.165) is 50.9 Å². The Balaban J connectivity index is 1.42. The molecule has 0 spiro atoms. The first-order valence-corrected chi connectivity index (χ1v) is 13.1. The molecule has 6 nitrogen and oxygen atoms in total. The van der Waals surface area contributed by atoms with E-state index in [1.165, 1.54) is 51.4 Å². The first-order valence-electron chi connectivity index (χ1n) is 13.1. The van der Waals surface area contributed by atoms with Gasteiger partial charge in [0.2, 0.25) is 0 Å². The van der Waals surface area contributed by atoms with Gasteiger partial charge in [-0.3, -0.25) is 0 Å². The van der Waals surface area contributed by atoms with Crippen LogP contribution in [0.5, 0.6) is 5.75 Å². The number of carbonyl (C=O) groups is 1. The van der Waals surface area contributed by atoms with E-state index in [0.29, 0.717) is 0 Å². The number of carboxylic acid groups (broad SMARTS) is 1. The highest BCUT2D eigenvalue weighted by molar-refractivity contribution is 5.95. The minimum Gasteiger partial charge on any atom is -0.494 e. The SMILES string of the molecule is CCCCCCCCCCC=c1ccc(=Cc2[nH]c(-c3cc4cc(C(=O)O)ccc4[nH]3)cc2OC)[nH]1. The number of hydrogen-bond donors (Lipinski definition) is 4. The summed E-state index contributed by atoms with van der Waals surface area (Å²) in [6, 6.07) is 13.2. The van der Waals surface area contributed by atoms with Crippen LogP contribution in [0.3, 0.4) is 0 Å². The molecule has 1 aromatic carbocycles. The van der Waals surface area contributed by atoms with Gasteiger partial charge >= 0.3 is 5.97 Å². The lowest BCUT2D eigenvalue weighted by Crippen LogP contribution is -2.09. The van der Waals surface area contributed by atoms with Gasteiger partial charge in [0, 0.05) is 27.7 Å². The van der Waals surface area contributed by atoms with Crippen molar-refractivity contribution in [3.05, 3.63) is 64.4 Å². The van der Waals surface area contributed by atoms with Crippen molar-refractivity contribution in [2.24, 2.45) is 0 Å². The van der Waals surface area contributed by atoms with E-state index in [1.807, 2.05) is 18.2 Å². The molecule has 0 atom stereocenters. The average molecular weight is 488 g/mol. The van der Waals surface area contributed by atoms with Crippen molar-refractivity contribution in [2.45, 2.75) is 64.7 Å². The number of aromatic amines is 3. The van der Waals surface area contributed by atoms with E-state index in [9.17, 15) is 9.90 Å². The van der Waals surface area contributed by atoms with Crippen LogP contribution in [0.2, 0.25) is 0 Å². The van der Waals surface area contributed by atoms with Crippen molar-refractivity contribution >= 4 is 29.0 Å². The normalized spacial score (nSPS) is 12.6. The summed E-state index contributed by atoms with van der Waals surface area (Å²) in [5.74, 6) is -0.188. The summed E-state index contributed by atoms with van der Waals surface area (Å²) in [7, 11) is 1.66. The second-order valence-electron chi connectivity index (χ2n) is 9.44. The highest BCUT2D eigenvalue weighted by Gasteiger charge is 2.12. The van der Waals surface area contributed by atoms with Crippen LogP contribution in [0.25, 0.3) is 34.4 Å². The lowest BCUT2D eigenvalue weighted by Gasteiger charge is -1.99. The van der Waals surface area contributed by atoms with Crippen LogP contribution >= 0.6 is 0 Å². The van der Waals surface area contributed by atoms with Crippen LogP contribution in [0.1, 0.15) is 80.8 Å². The standard InChI is InChI=1S/C30H37N3O3/c1-3-4-5-6-7-8-9-10-11-12-23-14-15-24(31-23)19-28-29(36-2)20-27(33-28)26-18-22-17-21(30(34)35)13-16-25(22)32-26/h12-20,31-33H,3-11H2,1-2H3,(H,34,35). The Labute approximate surface area is 212 Å². The second kappa shape index (κ2) is 12.3. The molecule has 4 rings (SSSR count). The highest BCUT2D eigenvalue weighted by Crippen LogP contribution is 2.30. The number of ether oxygens (including phenoxy) is 1. The van der Waals surface area contributed by atoms with Gasteiger partial charge in [-0.15, -0.1) is 0 Å². The van der Waals surface area contributed by atoms with Crippen molar-refractivity contribution in [1.29, 1.82) is 0 Å². The van der Waals surface area contributed by atoms with Gasteiger partial charge in [-0.1, -0.05) is 57.9 Å². The zero-order valence-electron chi connectivity index (χ0n) is 21.3. The summed E-state index contributed by atoms with van der Waals surface area (Å²) in [5, 5.41) is 12.3. The number of unbranched alkanes of at least 4 members (excludes halogenated alkanes) is 8. The molecule has 0 saturated heterocycles. The lowest BCUT2D eigenvalue weighted by atomic mass is 10.1. The predicted molar refractivity (Wildman–Crippen MR) is 147 cm³/mol. The van der Waals surface area contributed by atoms with Crippen LogP contribution in [0, 0.1) is 0 Å². The van der Waals surface area contributed by atoms with Gasteiger partial charge in [0.15, 0.2) is 0 Å². The molecule has 36 heavy (non-hydrogen) atoms. The van der Waals surface area contributed by atoms with Crippen LogP contribution in [-0.2, 0) is 0 Å². The first kappa shape index (κ1) is 25.4. The Morgan fingerprint density at radius 3 is 2.33 bits per heavy atom. The van der Waals surface area contributed by atoms with E-state index in [4.69, 9.17) is 4.74 Å². The third-order valence-corrected chi connectivity index (χ3v) is 6.64. The molecule has 0 aliphatic rings. The number of aromatic nitrogens is 3. The number of rotatable bonds is 13. The van der Waals surface area contributed by atoms with Crippen molar-refractivity contribution in [3.63, 3.8) is 0 Å². The molecule has 0 saturated carbocycles. The summed E-state index contributed by atoms with van der Waals surface area (Å²) in [6.45, 7) is 2.26. The number of carboxylic acids is 1. The van der Waals surface area contributed by atoms with E-state index >= 15 is 0 Å². The molecule has 0 bridgehead atoms. The number of nitrogens with one attached hydrogen (secondary N) is 3. The number of aromatic carboxylic acids is 1. The maximum atomic E-state index is 11.3. The smallest absolute Gasteiger partial charge is 0.335 e. The van der Waals surface area contributed by atoms with E-state index < -0.39 is 5.97 Å². The Morgan fingerprint density at radius 1 is 0.861 bits per heavy atom. The topological polar surface area (TPSA) is 93.9 Å². The van der Waals surface area contributed by atoms with Gasteiger partial charge in [-0.2, -0.15) is 0 Å². The monoisotopic (exact) mass is 487 g/mol. The molecule has 0 fully saturated rings. The number of benzene rings is 1. The van der Waals surface area contributed by atoms with Crippen molar-refractivity contribution in [3.8, 4) is 17.1 Å². The van der Waals surface area contributed by atoms with Gasteiger partial charge in [-0.25, -0.2) is 4.79 Å². The molecule has 0 aliphatic heterocycles. The number of methoxy groups -OCH3 is 1. The van der Waals surface area contributed by atoms with Gasteiger partial charge in [0.05, 0.1) is 29.8 Å². The number of hydrogen-bond acceptors (Lipinski definition) is 2. The summed E-state index contributed by atoms with van der Waals surface area (Å²) in [5.41, 5.74) is 3.77. The Bertz CT molecular complexity index is 1410. The average Bonchev–Trinajstić information content (AvgIpc) is 3.60. The van der Waals surface area contributed by atoms with Gasteiger partial charge in [-0.05, 0) is 55.3 Å². The number of H-pyrrole nitrogens is 3. The van der Waals surface area contributed by atoms with Gasteiger partial charge < -0.3 is 24.8 Å². The highest BCUT2D eigenvalue weighted by atomic mass is 16.5. The van der Waals surface area contributed by atoms with Gasteiger partial charge in [0.25, 0.3) is 0 Å². The van der Waals surface area contributed by atoms with Crippen LogP contribution in [0.15, 0.2) is 42.5 Å². The van der Waals surface area contributed by atoms with E-state index in [-0.39, 0.29) is 5.56 Å². The van der Waals surface area contributed by atoms with Crippen molar-refractivity contribution in [2.75, 3.05) is 7.11 Å². The number of fused-ring (bicyclic) bond motifs is 1.